The molecule has 0 spiro atoms. The highest BCUT2D eigenvalue weighted by Crippen LogP contribution is 2.36. The number of aldehydes is 1. The van der Waals surface area contributed by atoms with Crippen molar-refractivity contribution in [2.45, 2.75) is 13.3 Å². The van der Waals surface area contributed by atoms with Crippen molar-refractivity contribution in [2.75, 3.05) is 11.4 Å². The summed E-state index contributed by atoms with van der Waals surface area (Å²) in [6.07, 6.45) is 1.93. The number of aromatic nitrogens is 1. The van der Waals surface area contributed by atoms with Gasteiger partial charge in [0.2, 0.25) is 0 Å². The van der Waals surface area contributed by atoms with E-state index in [1.165, 1.54) is 22.6 Å². The zero-order chi connectivity index (χ0) is 11.8. The second-order valence-electron chi connectivity index (χ2n) is 4.09. The van der Waals surface area contributed by atoms with Crippen LogP contribution >= 0.6 is 11.3 Å². The van der Waals surface area contributed by atoms with Gasteiger partial charge >= 0.3 is 0 Å². The first kappa shape index (κ1) is 10.5. The molecule has 1 aliphatic heterocycles. The van der Waals surface area contributed by atoms with Crippen LogP contribution in [0.1, 0.15) is 20.9 Å². The minimum absolute atomic E-state index is 0.726. The van der Waals surface area contributed by atoms with Crippen molar-refractivity contribution in [3.63, 3.8) is 0 Å². The van der Waals surface area contributed by atoms with Gasteiger partial charge in [0.05, 0.1) is 10.6 Å². The van der Waals surface area contributed by atoms with E-state index in [4.69, 9.17) is 0 Å². The number of hydrogen-bond acceptors (Lipinski definition) is 4. The van der Waals surface area contributed by atoms with E-state index >= 15 is 0 Å². The average Bonchev–Trinajstić information content (AvgIpc) is 2.92. The van der Waals surface area contributed by atoms with Crippen LogP contribution in [0.4, 0.5) is 10.8 Å². The van der Waals surface area contributed by atoms with Gasteiger partial charge in [-0.3, -0.25) is 4.79 Å². The summed E-state index contributed by atoms with van der Waals surface area (Å²) in [5.41, 5.74) is 3.40. The van der Waals surface area contributed by atoms with Gasteiger partial charge in [0.25, 0.3) is 0 Å². The van der Waals surface area contributed by atoms with Crippen molar-refractivity contribution in [3.8, 4) is 0 Å². The molecule has 3 rings (SSSR count). The zero-order valence-electron chi connectivity index (χ0n) is 9.51. The van der Waals surface area contributed by atoms with Crippen LogP contribution < -0.4 is 4.90 Å². The van der Waals surface area contributed by atoms with E-state index in [9.17, 15) is 4.79 Å². The first-order valence-electron chi connectivity index (χ1n) is 5.57. The lowest BCUT2D eigenvalue weighted by molar-refractivity contribution is 0.112. The molecule has 1 aromatic heterocycles. The molecule has 3 nitrogen and oxygen atoms in total. The van der Waals surface area contributed by atoms with Crippen molar-refractivity contribution in [2.24, 2.45) is 0 Å². The first-order chi connectivity index (χ1) is 8.29. The van der Waals surface area contributed by atoms with Crippen molar-refractivity contribution in [1.29, 1.82) is 0 Å². The Kier molecular flexibility index (Phi) is 2.44. The molecule has 0 bridgehead atoms. The maximum atomic E-state index is 10.9. The highest BCUT2D eigenvalue weighted by Gasteiger charge is 2.22. The molecule has 0 aliphatic carbocycles. The molecular weight excluding hydrogens is 232 g/mol. The zero-order valence-corrected chi connectivity index (χ0v) is 10.3. The number of fused-ring (bicyclic) bond motifs is 1. The van der Waals surface area contributed by atoms with Crippen LogP contribution in [0.3, 0.4) is 0 Å². The van der Waals surface area contributed by atoms with E-state index < -0.39 is 0 Å². The Morgan fingerprint density at radius 1 is 1.41 bits per heavy atom. The van der Waals surface area contributed by atoms with Gasteiger partial charge in [-0.15, -0.1) is 0 Å². The highest BCUT2D eigenvalue weighted by molar-refractivity contribution is 7.17. The van der Waals surface area contributed by atoms with Crippen molar-refractivity contribution in [3.05, 3.63) is 40.4 Å². The largest absolute Gasteiger partial charge is 0.317 e. The first-order valence-corrected chi connectivity index (χ1v) is 6.39. The summed E-state index contributed by atoms with van der Waals surface area (Å²) in [4.78, 5) is 18.2. The quantitative estimate of drug-likeness (QED) is 0.761. The number of rotatable bonds is 2. The molecule has 1 aliphatic rings. The number of benzene rings is 1. The van der Waals surface area contributed by atoms with Crippen LogP contribution in [0.2, 0.25) is 0 Å². The monoisotopic (exact) mass is 244 g/mol. The van der Waals surface area contributed by atoms with Gasteiger partial charge in [-0.05, 0) is 25.0 Å². The van der Waals surface area contributed by atoms with Crippen LogP contribution in [-0.2, 0) is 6.42 Å². The SMILES string of the molecule is Cc1nc(N2CCc3ccccc32)sc1C=O. The summed E-state index contributed by atoms with van der Waals surface area (Å²) in [5, 5.41) is 0.926. The average molecular weight is 244 g/mol. The molecule has 0 radical (unpaired) electrons. The van der Waals surface area contributed by atoms with Gasteiger partial charge in [-0.1, -0.05) is 29.5 Å². The minimum atomic E-state index is 0.726. The fourth-order valence-corrected chi connectivity index (χ4v) is 3.08. The van der Waals surface area contributed by atoms with Gasteiger partial charge in [-0.2, -0.15) is 0 Å². The van der Waals surface area contributed by atoms with Crippen molar-refractivity contribution < 1.29 is 4.79 Å². The minimum Gasteiger partial charge on any atom is -0.317 e. The summed E-state index contributed by atoms with van der Waals surface area (Å²) in [5.74, 6) is 0. The molecule has 17 heavy (non-hydrogen) atoms. The predicted octanol–water partition coefficient (Wildman–Crippen LogP) is 2.96. The Hall–Kier alpha value is -1.68. The fourth-order valence-electron chi connectivity index (χ4n) is 2.16. The normalized spacial score (nSPS) is 13.8. The Balaban J connectivity index is 2.03. The van der Waals surface area contributed by atoms with Crippen molar-refractivity contribution >= 4 is 28.4 Å². The third kappa shape index (κ3) is 1.65. The third-order valence-electron chi connectivity index (χ3n) is 3.05. The Morgan fingerprint density at radius 2 is 2.24 bits per heavy atom. The number of carbonyl (C=O) groups is 1. The molecule has 86 valence electrons. The summed E-state index contributed by atoms with van der Waals surface area (Å²) in [6, 6.07) is 8.36. The second kappa shape index (κ2) is 3.96. The van der Waals surface area contributed by atoms with Gasteiger partial charge < -0.3 is 4.90 Å². The topological polar surface area (TPSA) is 33.2 Å². The van der Waals surface area contributed by atoms with E-state index in [-0.39, 0.29) is 0 Å². The number of thiazole rings is 1. The van der Waals surface area contributed by atoms with E-state index in [0.29, 0.717) is 0 Å². The van der Waals surface area contributed by atoms with Gasteiger partial charge in [0.1, 0.15) is 0 Å². The van der Waals surface area contributed by atoms with E-state index in [2.05, 4.69) is 28.1 Å². The molecule has 4 heteroatoms. The molecule has 0 saturated heterocycles. The van der Waals surface area contributed by atoms with E-state index in [1.807, 2.05) is 13.0 Å². The summed E-state index contributed by atoms with van der Waals surface area (Å²) in [7, 11) is 0. The highest BCUT2D eigenvalue weighted by atomic mass is 32.1. The number of aryl methyl sites for hydroxylation is 1. The summed E-state index contributed by atoms with van der Waals surface area (Å²) in [6.45, 7) is 2.83. The Bertz CT molecular complexity index is 577. The lowest BCUT2D eigenvalue weighted by Gasteiger charge is -2.15. The molecule has 1 aromatic carbocycles. The number of hydrogen-bond donors (Lipinski definition) is 0. The number of carbonyl (C=O) groups excluding carboxylic acids is 1. The predicted molar refractivity (Wildman–Crippen MR) is 69.4 cm³/mol. The molecule has 2 aromatic rings. The lowest BCUT2D eigenvalue weighted by Crippen LogP contribution is -2.12. The fraction of sp³-hybridized carbons (Fsp3) is 0.231. The van der Waals surface area contributed by atoms with Crippen LogP contribution in [-0.4, -0.2) is 17.8 Å². The number of nitrogens with zero attached hydrogens (tertiary/aromatic N) is 2. The van der Waals surface area contributed by atoms with Crippen LogP contribution in [0, 0.1) is 6.92 Å². The number of para-hydroxylation sites is 1. The smallest absolute Gasteiger partial charge is 0.190 e. The maximum absolute atomic E-state index is 10.9. The molecule has 0 atom stereocenters. The lowest BCUT2D eigenvalue weighted by atomic mass is 10.2. The molecule has 0 unspecified atom stereocenters. The summed E-state index contributed by atoms with van der Waals surface area (Å²) < 4.78 is 0. The Labute approximate surface area is 104 Å². The molecular formula is C13H12N2OS. The van der Waals surface area contributed by atoms with Gasteiger partial charge in [0.15, 0.2) is 11.4 Å². The summed E-state index contributed by atoms with van der Waals surface area (Å²) >= 11 is 1.47. The number of anilines is 2. The van der Waals surface area contributed by atoms with Gasteiger partial charge in [0, 0.05) is 12.2 Å². The molecule has 0 fully saturated rings. The van der Waals surface area contributed by atoms with Crippen LogP contribution in [0.5, 0.6) is 0 Å². The molecule has 2 heterocycles. The standard InChI is InChI=1S/C13H12N2OS/c1-9-12(8-16)17-13(14-9)15-7-6-10-4-2-3-5-11(10)15/h2-5,8H,6-7H2,1H3. The maximum Gasteiger partial charge on any atom is 0.190 e. The van der Waals surface area contributed by atoms with E-state index in [0.717, 1.165) is 35.0 Å². The van der Waals surface area contributed by atoms with Crippen LogP contribution in [0.15, 0.2) is 24.3 Å². The van der Waals surface area contributed by atoms with Crippen LogP contribution in [0.25, 0.3) is 0 Å². The molecule has 0 amide bonds. The van der Waals surface area contributed by atoms with Crippen molar-refractivity contribution in [1.82, 2.24) is 4.98 Å². The molecule has 0 saturated carbocycles. The Morgan fingerprint density at radius 3 is 3.00 bits per heavy atom. The second-order valence-corrected chi connectivity index (χ2v) is 5.10. The van der Waals surface area contributed by atoms with E-state index in [1.54, 1.807) is 0 Å². The van der Waals surface area contributed by atoms with Gasteiger partial charge in [-0.25, -0.2) is 4.98 Å². The molecule has 0 N–H and O–H groups in total. The third-order valence-corrected chi connectivity index (χ3v) is 4.15.